The van der Waals surface area contributed by atoms with E-state index in [4.69, 9.17) is 16.3 Å². The highest BCUT2D eigenvalue weighted by Crippen LogP contribution is 2.22. The van der Waals surface area contributed by atoms with E-state index in [1.807, 2.05) is 48.0 Å². The molecular weight excluding hydrogens is 352 g/mol. The van der Waals surface area contributed by atoms with E-state index < -0.39 is 5.97 Å². The van der Waals surface area contributed by atoms with Crippen molar-refractivity contribution < 1.29 is 14.3 Å². The smallest absolute Gasteiger partial charge is 0.339 e. The van der Waals surface area contributed by atoms with E-state index in [0.717, 1.165) is 17.3 Å². The van der Waals surface area contributed by atoms with Crippen LogP contribution in [-0.2, 0) is 16.1 Å². The van der Waals surface area contributed by atoms with Crippen LogP contribution in [-0.4, -0.2) is 23.1 Å². The van der Waals surface area contributed by atoms with Gasteiger partial charge in [-0.2, -0.15) is 0 Å². The fraction of sp³-hybridized carbons (Fsp3) is 0.200. The molecule has 0 unspecified atom stereocenters. The summed E-state index contributed by atoms with van der Waals surface area (Å²) in [4.78, 5) is 24.4. The van der Waals surface area contributed by atoms with Crippen LogP contribution in [0.5, 0.6) is 0 Å². The number of amides is 1. The van der Waals surface area contributed by atoms with E-state index in [-0.39, 0.29) is 18.0 Å². The Balaban J connectivity index is 1.72. The molecule has 0 saturated heterocycles. The number of anilines is 1. The molecule has 0 aliphatic heterocycles. The van der Waals surface area contributed by atoms with E-state index in [0.29, 0.717) is 17.3 Å². The van der Waals surface area contributed by atoms with Gasteiger partial charge in [-0.15, -0.1) is 0 Å². The van der Waals surface area contributed by atoms with Crippen LogP contribution in [0.1, 0.15) is 23.7 Å². The summed E-state index contributed by atoms with van der Waals surface area (Å²) in [5.41, 5.74) is 1.73. The lowest BCUT2D eigenvalue weighted by Crippen LogP contribution is -2.18. The van der Waals surface area contributed by atoms with Crippen LogP contribution >= 0.6 is 11.6 Å². The predicted molar refractivity (Wildman–Crippen MR) is 103 cm³/mol. The second-order valence-corrected chi connectivity index (χ2v) is 6.29. The van der Waals surface area contributed by atoms with Crippen molar-refractivity contribution in [2.24, 2.45) is 0 Å². The number of carbonyl (C=O) groups excluding carboxylic acids is 2. The summed E-state index contributed by atoms with van der Waals surface area (Å²) in [6, 6.07) is 14.6. The lowest BCUT2D eigenvalue weighted by molar-refractivity contribution is -0.116. The van der Waals surface area contributed by atoms with Gasteiger partial charge in [0.25, 0.3) is 0 Å². The number of fused-ring (bicyclic) bond motifs is 1. The van der Waals surface area contributed by atoms with E-state index >= 15 is 0 Å². The summed E-state index contributed by atoms with van der Waals surface area (Å²) in [7, 11) is 0. The first-order valence-electron chi connectivity index (χ1n) is 8.39. The van der Waals surface area contributed by atoms with Crippen molar-refractivity contribution in [3.8, 4) is 0 Å². The van der Waals surface area contributed by atoms with Crippen molar-refractivity contribution in [1.82, 2.24) is 4.57 Å². The fourth-order valence-electron chi connectivity index (χ4n) is 2.67. The van der Waals surface area contributed by atoms with Gasteiger partial charge in [-0.1, -0.05) is 36.7 Å². The van der Waals surface area contributed by atoms with E-state index in [1.54, 1.807) is 12.1 Å². The Morgan fingerprint density at radius 3 is 2.77 bits per heavy atom. The number of benzene rings is 2. The molecular formula is C20H19ClN2O3. The number of aromatic nitrogens is 1. The average Bonchev–Trinajstić information content (AvgIpc) is 3.04. The summed E-state index contributed by atoms with van der Waals surface area (Å²) >= 11 is 6.07. The largest absolute Gasteiger partial charge is 0.462 e. The first-order valence-corrected chi connectivity index (χ1v) is 8.76. The molecule has 3 aromatic rings. The molecule has 0 spiro atoms. The maximum Gasteiger partial charge on any atom is 0.339 e. The summed E-state index contributed by atoms with van der Waals surface area (Å²) in [6.07, 6.45) is 2.60. The topological polar surface area (TPSA) is 60.3 Å². The van der Waals surface area contributed by atoms with Crippen LogP contribution in [0.2, 0.25) is 5.02 Å². The number of halogens is 1. The van der Waals surface area contributed by atoms with Gasteiger partial charge in [0, 0.05) is 17.4 Å². The van der Waals surface area contributed by atoms with Crippen molar-refractivity contribution >= 4 is 40.1 Å². The lowest BCUT2D eigenvalue weighted by Gasteiger charge is -2.10. The molecule has 0 saturated carbocycles. The zero-order valence-corrected chi connectivity index (χ0v) is 15.1. The lowest BCUT2D eigenvalue weighted by atomic mass is 10.2. The minimum atomic E-state index is -0.496. The Kier molecular flexibility index (Phi) is 5.58. The highest BCUT2D eigenvalue weighted by molar-refractivity contribution is 6.33. The predicted octanol–water partition coefficient (Wildman–Crippen LogP) is 4.50. The van der Waals surface area contributed by atoms with Crippen molar-refractivity contribution in [2.45, 2.75) is 19.9 Å². The van der Waals surface area contributed by atoms with Crippen LogP contribution < -0.4 is 5.32 Å². The third-order valence-electron chi connectivity index (χ3n) is 3.90. The van der Waals surface area contributed by atoms with Gasteiger partial charge >= 0.3 is 5.97 Å². The number of hydrogen-bond donors (Lipinski definition) is 1. The zero-order valence-electron chi connectivity index (χ0n) is 14.4. The summed E-state index contributed by atoms with van der Waals surface area (Å²) < 4.78 is 6.98. The fourth-order valence-corrected chi connectivity index (χ4v) is 2.86. The molecule has 3 rings (SSSR count). The van der Waals surface area contributed by atoms with Crippen LogP contribution in [0.4, 0.5) is 5.69 Å². The van der Waals surface area contributed by atoms with E-state index in [1.165, 1.54) is 6.07 Å². The molecule has 0 aliphatic carbocycles. The molecule has 0 fully saturated rings. The van der Waals surface area contributed by atoms with Gasteiger partial charge in [0.2, 0.25) is 5.91 Å². The molecule has 0 aliphatic rings. The molecule has 0 bridgehead atoms. The van der Waals surface area contributed by atoms with Crippen molar-refractivity contribution in [3.05, 3.63) is 65.3 Å². The third kappa shape index (κ3) is 4.06. The number of nitrogens with one attached hydrogen (secondary N) is 1. The van der Waals surface area contributed by atoms with Gasteiger partial charge in [0.15, 0.2) is 0 Å². The standard InChI is InChI=1S/C20H19ClN2O3/c1-2-11-26-20(25)16-12-15(7-8-17(16)21)22-19(24)13-23-10-9-14-5-3-4-6-18(14)23/h3-10,12H,2,11,13H2,1H3,(H,22,24). The molecule has 1 amide bonds. The van der Waals surface area contributed by atoms with Gasteiger partial charge in [-0.3, -0.25) is 4.79 Å². The average molecular weight is 371 g/mol. The highest BCUT2D eigenvalue weighted by Gasteiger charge is 2.14. The Morgan fingerprint density at radius 1 is 1.15 bits per heavy atom. The van der Waals surface area contributed by atoms with Crippen LogP contribution in [0.15, 0.2) is 54.7 Å². The normalized spacial score (nSPS) is 10.7. The number of esters is 1. The maximum absolute atomic E-state index is 12.4. The Morgan fingerprint density at radius 2 is 1.96 bits per heavy atom. The SMILES string of the molecule is CCCOC(=O)c1cc(NC(=O)Cn2ccc3ccccc32)ccc1Cl. The molecule has 134 valence electrons. The molecule has 2 aromatic carbocycles. The summed E-state index contributed by atoms with van der Waals surface area (Å²) in [5.74, 6) is -0.689. The molecule has 0 radical (unpaired) electrons. The van der Waals surface area contributed by atoms with Crippen molar-refractivity contribution in [1.29, 1.82) is 0 Å². The number of carbonyl (C=O) groups is 2. The molecule has 5 nitrogen and oxygen atoms in total. The number of nitrogens with zero attached hydrogens (tertiary/aromatic N) is 1. The van der Waals surface area contributed by atoms with E-state index in [2.05, 4.69) is 5.32 Å². The summed E-state index contributed by atoms with van der Waals surface area (Å²) in [5, 5.41) is 4.17. The Bertz CT molecular complexity index is 949. The van der Waals surface area contributed by atoms with Gasteiger partial charge in [-0.05, 0) is 42.1 Å². The summed E-state index contributed by atoms with van der Waals surface area (Å²) in [6.45, 7) is 2.41. The monoisotopic (exact) mass is 370 g/mol. The maximum atomic E-state index is 12.4. The molecule has 0 atom stereocenters. The zero-order chi connectivity index (χ0) is 18.5. The second-order valence-electron chi connectivity index (χ2n) is 5.88. The molecule has 26 heavy (non-hydrogen) atoms. The molecule has 6 heteroatoms. The Hall–Kier alpha value is -2.79. The first kappa shape index (κ1) is 18.0. The number of ether oxygens (including phenoxy) is 1. The van der Waals surface area contributed by atoms with Gasteiger partial charge in [0.1, 0.15) is 6.54 Å². The van der Waals surface area contributed by atoms with Crippen LogP contribution in [0.3, 0.4) is 0 Å². The second kappa shape index (κ2) is 8.06. The minimum Gasteiger partial charge on any atom is -0.462 e. The molecule has 1 N–H and O–H groups in total. The molecule has 1 heterocycles. The van der Waals surface area contributed by atoms with E-state index in [9.17, 15) is 9.59 Å². The van der Waals surface area contributed by atoms with Gasteiger partial charge in [0.05, 0.1) is 17.2 Å². The first-order chi connectivity index (χ1) is 12.6. The highest BCUT2D eigenvalue weighted by atomic mass is 35.5. The Labute approximate surface area is 156 Å². The number of hydrogen-bond acceptors (Lipinski definition) is 3. The minimum absolute atomic E-state index is 0.172. The van der Waals surface area contributed by atoms with Crippen LogP contribution in [0.25, 0.3) is 10.9 Å². The number of para-hydroxylation sites is 1. The third-order valence-corrected chi connectivity index (χ3v) is 4.23. The van der Waals surface area contributed by atoms with Gasteiger partial charge in [-0.25, -0.2) is 4.79 Å². The van der Waals surface area contributed by atoms with Crippen molar-refractivity contribution in [2.75, 3.05) is 11.9 Å². The number of rotatable bonds is 6. The molecule has 1 aromatic heterocycles. The quantitative estimate of drug-likeness (QED) is 0.650. The van der Waals surface area contributed by atoms with Gasteiger partial charge < -0.3 is 14.6 Å². The van der Waals surface area contributed by atoms with Crippen molar-refractivity contribution in [3.63, 3.8) is 0 Å². The van der Waals surface area contributed by atoms with Crippen LogP contribution in [0, 0.1) is 0 Å².